The lowest BCUT2D eigenvalue weighted by atomic mass is 11.2. The number of hydrogen-bond donors (Lipinski definition) is 1. The Bertz CT molecular complexity index is 24.3. The molecule has 0 aliphatic heterocycles. The summed E-state index contributed by atoms with van der Waals surface area (Å²) in [4.78, 5) is 0. The van der Waals surface area contributed by atoms with E-state index in [1.165, 1.54) is 0 Å². The molecule has 0 saturated carbocycles. The van der Waals surface area contributed by atoms with Crippen molar-refractivity contribution in [3.8, 4) is 0 Å². The van der Waals surface area contributed by atoms with Gasteiger partial charge < -0.3 is 0 Å². The van der Waals surface area contributed by atoms with Crippen LogP contribution in [0, 0.1) is 5.41 Å². The van der Waals surface area contributed by atoms with Crippen molar-refractivity contribution < 1.29 is 0 Å². The molecular formula is C3H7N. The van der Waals surface area contributed by atoms with E-state index in [1.54, 1.807) is 5.87 Å². The fourth-order valence-corrected chi connectivity index (χ4v) is 0. The van der Waals surface area contributed by atoms with E-state index in [0.29, 0.717) is 0 Å². The molecule has 0 fully saturated rings. The maximum absolute atomic E-state index is 5.85. The third-order valence-electron chi connectivity index (χ3n) is 0. The molecule has 1 N–H and O–H groups in total. The van der Waals surface area contributed by atoms with Crippen molar-refractivity contribution in [3.05, 3.63) is 6.58 Å². The topological polar surface area (TPSA) is 23.9 Å². The Kier molecular flexibility index (Phi) is 62.6. The molecule has 0 aliphatic carbocycles. The van der Waals surface area contributed by atoms with Crippen LogP contribution >= 0.6 is 0 Å². The second-order valence-electron chi connectivity index (χ2n) is 0.177. The molecule has 0 amide bonds. The summed E-state index contributed by atoms with van der Waals surface area (Å²) in [5.74, 6) is 1.75. The molecule has 0 radical (unpaired) electrons. The predicted octanol–water partition coefficient (Wildman–Crippen LogP) is 1.06. The van der Waals surface area contributed by atoms with Crippen LogP contribution in [0.2, 0.25) is 0 Å². The highest BCUT2D eigenvalue weighted by Gasteiger charge is 0.918. The Labute approximate surface area is 26.5 Å². The van der Waals surface area contributed by atoms with Gasteiger partial charge in [-0.25, -0.2) is 0 Å². The summed E-state index contributed by atoms with van der Waals surface area (Å²) < 4.78 is 0. The fraction of sp³-hybridized carbons (Fsp3) is 0.333. The van der Waals surface area contributed by atoms with Gasteiger partial charge in [0.2, 0.25) is 0 Å². The van der Waals surface area contributed by atoms with Crippen LogP contribution in [0.3, 0.4) is 0 Å². The van der Waals surface area contributed by atoms with Crippen LogP contribution in [-0.4, -0.2) is 5.87 Å². The quantitative estimate of drug-likeness (QED) is 0.402. The van der Waals surface area contributed by atoms with E-state index >= 15 is 0 Å². The SMILES string of the molecule is C.C=C=N. The van der Waals surface area contributed by atoms with Gasteiger partial charge in [-0.05, 0) is 12.4 Å². The minimum absolute atomic E-state index is 0. The van der Waals surface area contributed by atoms with Crippen LogP contribution in [0.25, 0.3) is 0 Å². The molecule has 1 heteroatoms. The normalized spacial score (nSPS) is 2.00. The van der Waals surface area contributed by atoms with Gasteiger partial charge in [0.05, 0.1) is 0 Å². The second kappa shape index (κ2) is 25.4. The van der Waals surface area contributed by atoms with E-state index in [4.69, 9.17) is 5.41 Å². The minimum atomic E-state index is 0. The van der Waals surface area contributed by atoms with Gasteiger partial charge >= 0.3 is 0 Å². The first-order valence-corrected chi connectivity index (χ1v) is 0.604. The van der Waals surface area contributed by atoms with Crippen LogP contribution in [0.15, 0.2) is 6.58 Å². The van der Waals surface area contributed by atoms with Crippen molar-refractivity contribution in [2.75, 3.05) is 0 Å². The summed E-state index contributed by atoms with van der Waals surface area (Å²) in [5.41, 5.74) is 0. The molecule has 0 bridgehead atoms. The molecule has 0 aromatic heterocycles. The second-order valence-corrected chi connectivity index (χ2v) is 0.177. The number of rotatable bonds is 0. The molecule has 0 unspecified atom stereocenters. The Morgan fingerprint density at radius 3 is 1.75 bits per heavy atom. The average Bonchev–Trinajstić information content (AvgIpc) is 0.918. The van der Waals surface area contributed by atoms with Gasteiger partial charge in [-0.1, -0.05) is 7.43 Å². The summed E-state index contributed by atoms with van der Waals surface area (Å²) in [6, 6.07) is 0. The van der Waals surface area contributed by atoms with Gasteiger partial charge in [0.25, 0.3) is 0 Å². The molecular weight excluding hydrogens is 50.0 g/mol. The maximum Gasteiger partial charge on any atom is -0.0306 e. The molecule has 0 saturated heterocycles. The van der Waals surface area contributed by atoms with Gasteiger partial charge in [-0.15, -0.1) is 0 Å². The van der Waals surface area contributed by atoms with E-state index in [-0.39, 0.29) is 7.43 Å². The summed E-state index contributed by atoms with van der Waals surface area (Å²) in [7, 11) is 0. The van der Waals surface area contributed by atoms with Crippen molar-refractivity contribution in [3.63, 3.8) is 0 Å². The number of nitrogens with one attached hydrogen (secondary N) is 1. The third kappa shape index (κ3) is 0.971. The molecule has 0 atom stereocenters. The Balaban J connectivity index is 0. The molecule has 0 aliphatic rings. The average molecular weight is 57.1 g/mol. The van der Waals surface area contributed by atoms with E-state index in [1.807, 2.05) is 0 Å². The van der Waals surface area contributed by atoms with Gasteiger partial charge in [0.15, 0.2) is 0 Å². The van der Waals surface area contributed by atoms with E-state index in [9.17, 15) is 0 Å². The molecule has 4 heavy (non-hydrogen) atoms. The summed E-state index contributed by atoms with van der Waals surface area (Å²) in [5, 5.41) is 5.85. The van der Waals surface area contributed by atoms with Gasteiger partial charge in [-0.3, -0.25) is 5.41 Å². The zero-order valence-corrected chi connectivity index (χ0v) is 1.71. The molecule has 1 nitrogen and oxygen atoms in total. The molecule has 24 valence electrons. The Hall–Kier alpha value is -0.550. The zero-order chi connectivity index (χ0) is 2.71. The standard InChI is InChI=1S/C2H3N.CH4/c1-2-3;/h3H,1H2;1H4. The zero-order valence-electron chi connectivity index (χ0n) is 1.71. The van der Waals surface area contributed by atoms with Gasteiger partial charge in [-0.2, -0.15) is 0 Å². The lowest BCUT2D eigenvalue weighted by molar-refractivity contribution is 1.60. The van der Waals surface area contributed by atoms with Crippen LogP contribution in [0.1, 0.15) is 7.43 Å². The van der Waals surface area contributed by atoms with Crippen LogP contribution in [0.4, 0.5) is 0 Å². The van der Waals surface area contributed by atoms with Crippen molar-refractivity contribution >= 4 is 5.87 Å². The van der Waals surface area contributed by atoms with Crippen molar-refractivity contribution in [1.82, 2.24) is 0 Å². The van der Waals surface area contributed by atoms with Crippen molar-refractivity contribution in [2.45, 2.75) is 7.43 Å². The highest BCUT2D eigenvalue weighted by molar-refractivity contribution is 5.41. The third-order valence-corrected chi connectivity index (χ3v) is 0. The monoisotopic (exact) mass is 57.1 g/mol. The van der Waals surface area contributed by atoms with Crippen LogP contribution in [0.5, 0.6) is 0 Å². The molecule has 0 rings (SSSR count). The molecule has 0 aromatic rings. The first kappa shape index (κ1) is 9.85. The largest absolute Gasteiger partial charge is 0.259 e. The summed E-state index contributed by atoms with van der Waals surface area (Å²) in [6.07, 6.45) is 0. The predicted molar refractivity (Wildman–Crippen MR) is 20.1 cm³/mol. The van der Waals surface area contributed by atoms with Gasteiger partial charge in [0, 0.05) is 0 Å². The molecule has 0 spiro atoms. The van der Waals surface area contributed by atoms with Crippen molar-refractivity contribution in [2.24, 2.45) is 0 Å². The van der Waals surface area contributed by atoms with E-state index < -0.39 is 0 Å². The Morgan fingerprint density at radius 2 is 1.75 bits per heavy atom. The molecule has 0 heterocycles. The lowest BCUT2D eigenvalue weighted by Crippen LogP contribution is -1.10. The van der Waals surface area contributed by atoms with Gasteiger partial charge in [0.1, 0.15) is 0 Å². The van der Waals surface area contributed by atoms with Crippen LogP contribution < -0.4 is 0 Å². The van der Waals surface area contributed by atoms with Crippen molar-refractivity contribution in [1.29, 1.82) is 5.41 Å². The maximum atomic E-state index is 5.85. The van der Waals surface area contributed by atoms with E-state index in [2.05, 4.69) is 6.58 Å². The van der Waals surface area contributed by atoms with E-state index in [0.717, 1.165) is 0 Å². The highest BCUT2D eigenvalue weighted by atomic mass is 14.3. The fourth-order valence-electron chi connectivity index (χ4n) is 0. The first-order valence-electron chi connectivity index (χ1n) is 0.604. The highest BCUT2D eigenvalue weighted by Crippen LogP contribution is 0.942. The smallest absolute Gasteiger partial charge is 0.0306 e. The Morgan fingerprint density at radius 1 is 1.75 bits per heavy atom. The summed E-state index contributed by atoms with van der Waals surface area (Å²) >= 11 is 0. The number of hydrogen-bond acceptors (Lipinski definition) is 1. The van der Waals surface area contributed by atoms with Crippen LogP contribution in [-0.2, 0) is 0 Å². The minimum Gasteiger partial charge on any atom is -0.259 e. The lowest BCUT2D eigenvalue weighted by Gasteiger charge is -1.10. The summed E-state index contributed by atoms with van der Waals surface area (Å²) in [6.45, 7) is 2.90. The molecule has 0 aromatic carbocycles. The first-order chi connectivity index (χ1) is 1.41.